The van der Waals surface area contributed by atoms with Gasteiger partial charge >= 0.3 is 5.24 Å². The Bertz CT molecular complexity index is 526. The van der Waals surface area contributed by atoms with Crippen LogP contribution in [0, 0.1) is 0 Å². The summed E-state index contributed by atoms with van der Waals surface area (Å²) in [4.78, 5) is 3.87. The Kier molecular flexibility index (Phi) is 4.77. The van der Waals surface area contributed by atoms with E-state index in [4.69, 9.17) is 44.9 Å². The molecular weight excluding hydrogens is 313 g/mol. The molecule has 0 saturated heterocycles. The highest BCUT2D eigenvalue weighted by Gasteiger charge is 2.10. The number of hydrogen-bond acceptors (Lipinski definition) is 5. The van der Waals surface area contributed by atoms with E-state index in [1.165, 1.54) is 0 Å². The molecule has 0 fully saturated rings. The van der Waals surface area contributed by atoms with Crippen molar-refractivity contribution in [3.8, 4) is 5.19 Å². The van der Waals surface area contributed by atoms with Crippen LogP contribution < -0.4 is 4.74 Å². The van der Waals surface area contributed by atoms with Crippen molar-refractivity contribution < 1.29 is 9.47 Å². The zero-order valence-corrected chi connectivity index (χ0v) is 12.1. The highest BCUT2D eigenvalue weighted by atomic mass is 35.5. The van der Waals surface area contributed by atoms with Crippen LogP contribution in [0.3, 0.4) is 0 Å². The molecule has 0 aliphatic carbocycles. The van der Waals surface area contributed by atoms with Crippen molar-refractivity contribution in [2.75, 3.05) is 0 Å². The van der Waals surface area contributed by atoms with Gasteiger partial charge in [-0.15, -0.1) is 0 Å². The zero-order valence-electron chi connectivity index (χ0n) is 8.93. The van der Waals surface area contributed by atoms with Gasteiger partial charge in [0.1, 0.15) is 10.9 Å². The summed E-state index contributed by atoms with van der Waals surface area (Å²) in [6, 6.07) is 9.63. The number of ether oxygens (including phenoxy) is 2. The van der Waals surface area contributed by atoms with Crippen LogP contribution in [0.15, 0.2) is 30.3 Å². The second-order valence-electron chi connectivity index (χ2n) is 3.17. The van der Waals surface area contributed by atoms with Crippen LogP contribution in [0.4, 0.5) is 0 Å². The average molecular weight is 320 g/mol. The quantitative estimate of drug-likeness (QED) is 0.788. The highest BCUT2D eigenvalue weighted by molar-refractivity contribution is 7.79. The molecule has 2 rings (SSSR count). The standard InChI is InChI=1S/C11H7Cl2NO2S2/c12-8-9(13)18-10(14-8)16-11(17)15-6-7-4-2-1-3-5-7/h1-5H,6H2. The minimum Gasteiger partial charge on any atom is -0.452 e. The van der Waals surface area contributed by atoms with Crippen molar-refractivity contribution in [1.82, 2.24) is 4.98 Å². The first kappa shape index (κ1) is 13.5. The maximum absolute atomic E-state index is 5.75. The molecule has 2 aromatic rings. The minimum atomic E-state index is -0.0130. The summed E-state index contributed by atoms with van der Waals surface area (Å²) in [5, 5.41) is 0.450. The lowest BCUT2D eigenvalue weighted by Gasteiger charge is -2.05. The second-order valence-corrected chi connectivity index (χ2v) is 5.43. The molecule has 0 bridgehead atoms. The summed E-state index contributed by atoms with van der Waals surface area (Å²) >= 11 is 17.5. The largest absolute Gasteiger partial charge is 0.452 e. The SMILES string of the molecule is S=C(OCc1ccccc1)Oc1nc(Cl)c(Cl)s1. The fourth-order valence-corrected chi connectivity index (χ4v) is 2.34. The van der Waals surface area contributed by atoms with E-state index < -0.39 is 0 Å². The second kappa shape index (κ2) is 6.33. The lowest BCUT2D eigenvalue weighted by molar-refractivity contribution is 0.237. The Morgan fingerprint density at radius 1 is 1.28 bits per heavy atom. The van der Waals surface area contributed by atoms with E-state index in [0.29, 0.717) is 10.9 Å². The third-order valence-electron chi connectivity index (χ3n) is 1.90. The number of nitrogens with zero attached hydrogens (tertiary/aromatic N) is 1. The Morgan fingerprint density at radius 3 is 2.61 bits per heavy atom. The van der Waals surface area contributed by atoms with E-state index in [0.717, 1.165) is 16.9 Å². The maximum atomic E-state index is 5.75. The topological polar surface area (TPSA) is 31.4 Å². The first-order valence-corrected chi connectivity index (χ1v) is 6.83. The number of benzene rings is 1. The van der Waals surface area contributed by atoms with Crippen LogP contribution in [-0.4, -0.2) is 10.2 Å². The maximum Gasteiger partial charge on any atom is 0.360 e. The molecule has 0 aliphatic rings. The molecule has 18 heavy (non-hydrogen) atoms. The smallest absolute Gasteiger partial charge is 0.360 e. The fraction of sp³-hybridized carbons (Fsp3) is 0.0909. The summed E-state index contributed by atoms with van der Waals surface area (Å²) in [5.41, 5.74) is 0.999. The lowest BCUT2D eigenvalue weighted by Crippen LogP contribution is -2.09. The van der Waals surface area contributed by atoms with Crippen LogP contribution >= 0.6 is 46.8 Å². The number of thiazole rings is 1. The molecule has 1 aromatic carbocycles. The number of halogens is 2. The summed E-state index contributed by atoms with van der Waals surface area (Å²) in [6.45, 7) is 0.340. The number of aromatic nitrogens is 1. The van der Waals surface area contributed by atoms with Crippen LogP contribution in [0.5, 0.6) is 5.19 Å². The predicted molar refractivity (Wildman–Crippen MR) is 76.6 cm³/mol. The van der Waals surface area contributed by atoms with Crippen LogP contribution in [0.25, 0.3) is 0 Å². The molecule has 0 spiro atoms. The summed E-state index contributed by atoms with van der Waals surface area (Å²) in [5.74, 6) is 0. The van der Waals surface area contributed by atoms with Crippen LogP contribution in [0.1, 0.15) is 5.56 Å². The first-order chi connectivity index (χ1) is 8.65. The van der Waals surface area contributed by atoms with Gasteiger partial charge in [0, 0.05) is 12.2 Å². The molecule has 0 radical (unpaired) electrons. The van der Waals surface area contributed by atoms with Gasteiger partial charge in [0.15, 0.2) is 5.15 Å². The highest BCUT2D eigenvalue weighted by Crippen LogP contribution is 2.33. The van der Waals surface area contributed by atoms with Gasteiger partial charge in [-0.25, -0.2) is 0 Å². The number of rotatable bonds is 3. The number of hydrogen-bond donors (Lipinski definition) is 0. The van der Waals surface area contributed by atoms with Gasteiger partial charge in [-0.05, 0) is 5.56 Å². The monoisotopic (exact) mass is 319 g/mol. The lowest BCUT2D eigenvalue weighted by atomic mass is 10.2. The average Bonchev–Trinajstić information content (AvgIpc) is 2.67. The van der Waals surface area contributed by atoms with Crippen molar-refractivity contribution in [2.24, 2.45) is 0 Å². The molecule has 0 N–H and O–H groups in total. The van der Waals surface area contributed by atoms with Gasteiger partial charge in [0.05, 0.1) is 0 Å². The van der Waals surface area contributed by atoms with Crippen LogP contribution in [-0.2, 0) is 11.3 Å². The Balaban J connectivity index is 1.86. The third-order valence-corrected chi connectivity index (χ3v) is 3.71. The van der Waals surface area contributed by atoms with E-state index in [9.17, 15) is 0 Å². The Labute approximate surface area is 123 Å². The van der Waals surface area contributed by atoms with E-state index >= 15 is 0 Å². The molecule has 7 heteroatoms. The molecular formula is C11H7Cl2NO2S2. The normalized spacial score (nSPS) is 10.1. The van der Waals surface area contributed by atoms with Crippen molar-refractivity contribution in [3.05, 3.63) is 45.4 Å². The molecule has 94 valence electrons. The van der Waals surface area contributed by atoms with Gasteiger partial charge < -0.3 is 9.47 Å². The molecule has 0 saturated carbocycles. The van der Waals surface area contributed by atoms with Crippen molar-refractivity contribution in [1.29, 1.82) is 0 Å². The van der Waals surface area contributed by atoms with E-state index in [1.807, 2.05) is 30.3 Å². The third kappa shape index (κ3) is 3.81. The van der Waals surface area contributed by atoms with Crippen LogP contribution in [0.2, 0.25) is 9.49 Å². The summed E-state index contributed by atoms with van der Waals surface area (Å²) in [6.07, 6.45) is 0. The zero-order chi connectivity index (χ0) is 13.0. The molecule has 0 amide bonds. The van der Waals surface area contributed by atoms with Gasteiger partial charge in [0.25, 0.3) is 5.19 Å². The van der Waals surface area contributed by atoms with E-state index in [-0.39, 0.29) is 15.6 Å². The molecule has 1 aromatic heterocycles. The fourth-order valence-electron chi connectivity index (χ4n) is 1.13. The van der Waals surface area contributed by atoms with Gasteiger partial charge in [-0.1, -0.05) is 64.9 Å². The predicted octanol–water partition coefficient (Wildman–Crippen LogP) is 4.33. The van der Waals surface area contributed by atoms with Crippen molar-refractivity contribution >= 4 is 52.0 Å². The Morgan fingerprint density at radius 2 is 2.00 bits per heavy atom. The van der Waals surface area contributed by atoms with Gasteiger partial charge in [0.2, 0.25) is 0 Å². The van der Waals surface area contributed by atoms with E-state index in [1.54, 1.807) is 0 Å². The molecule has 0 aliphatic heterocycles. The number of thiocarbonyl (C=S) groups is 1. The minimum absolute atomic E-state index is 0.0130. The van der Waals surface area contributed by atoms with Crippen molar-refractivity contribution in [3.63, 3.8) is 0 Å². The molecule has 3 nitrogen and oxygen atoms in total. The first-order valence-electron chi connectivity index (χ1n) is 4.85. The van der Waals surface area contributed by atoms with Gasteiger partial charge in [-0.2, -0.15) is 4.98 Å². The molecule has 0 unspecified atom stereocenters. The Hall–Kier alpha value is -0.880. The summed E-state index contributed by atoms with van der Waals surface area (Å²) < 4.78 is 10.8. The van der Waals surface area contributed by atoms with E-state index in [2.05, 4.69) is 4.98 Å². The molecule has 0 atom stereocenters. The molecule has 1 heterocycles. The summed E-state index contributed by atoms with van der Waals surface area (Å²) in [7, 11) is 0. The van der Waals surface area contributed by atoms with Gasteiger partial charge in [-0.3, -0.25) is 0 Å². The van der Waals surface area contributed by atoms with Crippen molar-refractivity contribution in [2.45, 2.75) is 6.61 Å².